The van der Waals surface area contributed by atoms with Gasteiger partial charge in [0, 0.05) is 12.6 Å². The zero-order chi connectivity index (χ0) is 21.0. The molecule has 1 aliphatic heterocycles. The molecule has 0 saturated carbocycles. The Balaban J connectivity index is 1.85. The number of para-hydroxylation sites is 1. The van der Waals surface area contributed by atoms with Gasteiger partial charge in [-0.3, -0.25) is 4.79 Å². The molecular formula is C22H26FNO4S. The summed E-state index contributed by atoms with van der Waals surface area (Å²) in [6, 6.07) is 13.3. The van der Waals surface area contributed by atoms with Crippen LogP contribution in [0.5, 0.6) is 5.75 Å². The van der Waals surface area contributed by atoms with Crippen LogP contribution in [0.3, 0.4) is 0 Å². The van der Waals surface area contributed by atoms with Gasteiger partial charge in [-0.1, -0.05) is 48.9 Å². The molecule has 1 saturated heterocycles. The Bertz CT molecular complexity index is 959. The van der Waals surface area contributed by atoms with Crippen LogP contribution < -0.4 is 4.74 Å². The highest BCUT2D eigenvalue weighted by atomic mass is 32.2. The average Bonchev–Trinajstić information content (AvgIpc) is 3.06. The number of carbonyl (C=O) groups is 1. The van der Waals surface area contributed by atoms with Crippen LogP contribution in [-0.4, -0.2) is 42.9 Å². The molecule has 1 aliphatic rings. The molecule has 0 unspecified atom stereocenters. The Kier molecular flexibility index (Phi) is 6.57. The van der Waals surface area contributed by atoms with Gasteiger partial charge >= 0.3 is 0 Å². The summed E-state index contributed by atoms with van der Waals surface area (Å²) in [4.78, 5) is 14.9. The lowest BCUT2D eigenvalue weighted by molar-refractivity contribution is -0.141. The molecule has 156 valence electrons. The molecule has 2 atom stereocenters. The monoisotopic (exact) mass is 419 g/mol. The Morgan fingerprint density at radius 3 is 2.48 bits per heavy atom. The van der Waals surface area contributed by atoms with Crippen molar-refractivity contribution >= 4 is 15.7 Å². The van der Waals surface area contributed by atoms with E-state index >= 15 is 0 Å². The summed E-state index contributed by atoms with van der Waals surface area (Å²) in [7, 11) is -3.17. The smallest absolute Gasteiger partial charge is 0.264 e. The van der Waals surface area contributed by atoms with Crippen molar-refractivity contribution in [2.24, 2.45) is 0 Å². The van der Waals surface area contributed by atoms with Crippen molar-refractivity contribution in [1.82, 2.24) is 4.90 Å². The highest BCUT2D eigenvalue weighted by Crippen LogP contribution is 2.24. The molecular weight excluding hydrogens is 393 g/mol. The van der Waals surface area contributed by atoms with E-state index in [0.29, 0.717) is 12.8 Å². The number of amides is 1. The maximum Gasteiger partial charge on any atom is 0.264 e. The van der Waals surface area contributed by atoms with Crippen molar-refractivity contribution in [3.05, 3.63) is 65.5 Å². The lowest BCUT2D eigenvalue weighted by atomic mass is 10.1. The van der Waals surface area contributed by atoms with E-state index in [1.165, 1.54) is 12.1 Å². The molecule has 5 nitrogen and oxygen atoms in total. The minimum atomic E-state index is -3.17. The first-order chi connectivity index (χ1) is 13.8. The summed E-state index contributed by atoms with van der Waals surface area (Å²) < 4.78 is 43.7. The van der Waals surface area contributed by atoms with Gasteiger partial charge in [-0.15, -0.1) is 0 Å². The molecule has 2 aromatic carbocycles. The SMILES string of the molecule is CC[C@@H](Oc1ccccc1F)C(=O)N(Cc1ccc(C)cc1)[C@@H]1CCS(=O)(=O)C1. The van der Waals surface area contributed by atoms with Crippen LogP contribution in [0.1, 0.15) is 30.9 Å². The van der Waals surface area contributed by atoms with Crippen LogP contribution in [0.4, 0.5) is 4.39 Å². The molecule has 1 fully saturated rings. The molecule has 1 heterocycles. The second kappa shape index (κ2) is 8.95. The largest absolute Gasteiger partial charge is 0.478 e. The second-order valence-electron chi connectivity index (χ2n) is 7.45. The summed E-state index contributed by atoms with van der Waals surface area (Å²) in [6.07, 6.45) is -0.145. The zero-order valence-electron chi connectivity index (χ0n) is 16.7. The Morgan fingerprint density at radius 2 is 1.90 bits per heavy atom. The first-order valence-electron chi connectivity index (χ1n) is 9.76. The fourth-order valence-corrected chi connectivity index (χ4v) is 5.22. The van der Waals surface area contributed by atoms with Crippen molar-refractivity contribution in [3.8, 4) is 5.75 Å². The van der Waals surface area contributed by atoms with Crippen LogP contribution in [-0.2, 0) is 21.2 Å². The zero-order valence-corrected chi connectivity index (χ0v) is 17.5. The highest BCUT2D eigenvalue weighted by molar-refractivity contribution is 7.91. The predicted octanol–water partition coefficient (Wildman–Crippen LogP) is 3.51. The van der Waals surface area contributed by atoms with E-state index in [1.54, 1.807) is 24.0 Å². The third-order valence-corrected chi connectivity index (χ3v) is 6.91. The number of hydrogen-bond donors (Lipinski definition) is 0. The third kappa shape index (κ3) is 5.35. The third-order valence-electron chi connectivity index (χ3n) is 5.16. The maximum atomic E-state index is 14.0. The van der Waals surface area contributed by atoms with Gasteiger partial charge in [-0.25, -0.2) is 12.8 Å². The first kappa shape index (κ1) is 21.3. The number of halogens is 1. The van der Waals surface area contributed by atoms with E-state index in [4.69, 9.17) is 4.74 Å². The number of nitrogens with zero attached hydrogens (tertiary/aromatic N) is 1. The summed E-state index contributed by atoms with van der Waals surface area (Å²) in [5.41, 5.74) is 2.01. The van der Waals surface area contributed by atoms with E-state index in [0.717, 1.165) is 11.1 Å². The Morgan fingerprint density at radius 1 is 1.21 bits per heavy atom. The van der Waals surface area contributed by atoms with Gasteiger partial charge in [0.05, 0.1) is 11.5 Å². The number of hydrogen-bond acceptors (Lipinski definition) is 4. The molecule has 0 aliphatic carbocycles. The lowest BCUT2D eigenvalue weighted by Gasteiger charge is -2.32. The Hall–Kier alpha value is -2.41. The van der Waals surface area contributed by atoms with Crippen LogP contribution in [0, 0.1) is 12.7 Å². The van der Waals surface area contributed by atoms with Crippen LogP contribution in [0.25, 0.3) is 0 Å². The summed E-state index contributed by atoms with van der Waals surface area (Å²) in [5, 5.41) is 0. The van der Waals surface area contributed by atoms with Gasteiger partial charge in [0.2, 0.25) is 0 Å². The van der Waals surface area contributed by atoms with Gasteiger partial charge < -0.3 is 9.64 Å². The molecule has 2 aromatic rings. The van der Waals surface area contributed by atoms with Crippen molar-refractivity contribution in [1.29, 1.82) is 0 Å². The first-order valence-corrected chi connectivity index (χ1v) is 11.6. The molecule has 0 radical (unpaired) electrons. The standard InChI is InChI=1S/C22H26FNO4S/c1-3-20(28-21-7-5-4-6-19(21)23)22(25)24(18-12-13-29(26,27)15-18)14-17-10-8-16(2)9-11-17/h4-11,18,20H,3,12-15H2,1-2H3/t18-,20-/m1/s1. The quantitative estimate of drug-likeness (QED) is 0.689. The van der Waals surface area contributed by atoms with Gasteiger partial charge in [0.15, 0.2) is 27.5 Å². The van der Waals surface area contributed by atoms with Crippen molar-refractivity contribution in [2.75, 3.05) is 11.5 Å². The number of benzene rings is 2. The molecule has 0 aromatic heterocycles. The number of aryl methyl sites for hydroxylation is 1. The summed E-state index contributed by atoms with van der Waals surface area (Å²) in [6.45, 7) is 4.06. The van der Waals surface area contributed by atoms with E-state index in [2.05, 4.69) is 0 Å². The predicted molar refractivity (Wildman–Crippen MR) is 110 cm³/mol. The Labute approximate surface area is 171 Å². The fourth-order valence-electron chi connectivity index (χ4n) is 3.49. The topological polar surface area (TPSA) is 63.7 Å². The maximum absolute atomic E-state index is 14.0. The van der Waals surface area contributed by atoms with E-state index in [9.17, 15) is 17.6 Å². The molecule has 0 N–H and O–H groups in total. The average molecular weight is 420 g/mol. The summed E-state index contributed by atoms with van der Waals surface area (Å²) in [5.74, 6) is -0.825. The number of ether oxygens (including phenoxy) is 1. The summed E-state index contributed by atoms with van der Waals surface area (Å²) >= 11 is 0. The van der Waals surface area contributed by atoms with Crippen molar-refractivity contribution < 1.29 is 22.3 Å². The number of sulfone groups is 1. The molecule has 29 heavy (non-hydrogen) atoms. The van der Waals surface area contributed by atoms with E-state index in [-0.39, 0.29) is 29.7 Å². The molecule has 1 amide bonds. The lowest BCUT2D eigenvalue weighted by Crippen LogP contribution is -2.47. The minimum Gasteiger partial charge on any atom is -0.478 e. The van der Waals surface area contributed by atoms with E-state index < -0.39 is 27.8 Å². The van der Waals surface area contributed by atoms with E-state index in [1.807, 2.05) is 31.2 Å². The fraction of sp³-hybridized carbons (Fsp3) is 0.409. The molecule has 3 rings (SSSR count). The normalized spacial score (nSPS) is 18.9. The van der Waals surface area contributed by atoms with Gasteiger partial charge in [-0.2, -0.15) is 0 Å². The van der Waals surface area contributed by atoms with Crippen LogP contribution >= 0.6 is 0 Å². The number of rotatable bonds is 7. The molecule has 0 spiro atoms. The second-order valence-corrected chi connectivity index (χ2v) is 9.68. The minimum absolute atomic E-state index is 0.0158. The highest BCUT2D eigenvalue weighted by Gasteiger charge is 2.37. The van der Waals surface area contributed by atoms with Crippen LogP contribution in [0.2, 0.25) is 0 Å². The molecule has 7 heteroatoms. The van der Waals surface area contributed by atoms with Crippen LogP contribution in [0.15, 0.2) is 48.5 Å². The van der Waals surface area contributed by atoms with Gasteiger partial charge in [-0.05, 0) is 37.5 Å². The molecule has 0 bridgehead atoms. The van der Waals surface area contributed by atoms with Crippen molar-refractivity contribution in [2.45, 2.75) is 45.4 Å². The van der Waals surface area contributed by atoms with Crippen molar-refractivity contribution in [3.63, 3.8) is 0 Å². The van der Waals surface area contributed by atoms with Gasteiger partial charge in [0.1, 0.15) is 0 Å². The van der Waals surface area contributed by atoms with Gasteiger partial charge in [0.25, 0.3) is 5.91 Å². The number of carbonyl (C=O) groups excluding carboxylic acids is 1.